The molecule has 0 spiro atoms. The van der Waals surface area contributed by atoms with E-state index in [1.807, 2.05) is 24.4 Å². The molecular weight excluding hydrogens is 252 g/mol. The largest absolute Gasteiger partial charge is 0.330 e. The van der Waals surface area contributed by atoms with Gasteiger partial charge in [-0.25, -0.2) is 4.98 Å². The maximum Gasteiger partial charge on any atom is 0.0971 e. The molecule has 1 heterocycles. The van der Waals surface area contributed by atoms with Crippen LogP contribution in [0, 0.1) is 0 Å². The van der Waals surface area contributed by atoms with Crippen LogP contribution in [0.4, 0.5) is 0 Å². The Kier molecular flexibility index (Phi) is 4.15. The Morgan fingerprint density at radius 1 is 1.47 bits per heavy atom. The molecule has 4 heteroatoms. The van der Waals surface area contributed by atoms with Crippen LogP contribution in [0.15, 0.2) is 30.5 Å². The molecule has 1 unspecified atom stereocenters. The minimum Gasteiger partial charge on any atom is -0.330 e. The third-order valence-corrected chi connectivity index (χ3v) is 4.12. The molecule has 90 valence electrons. The minimum atomic E-state index is 0.389. The maximum absolute atomic E-state index is 5.96. The van der Waals surface area contributed by atoms with E-state index in [1.54, 1.807) is 11.3 Å². The summed E-state index contributed by atoms with van der Waals surface area (Å²) < 4.78 is 0. The van der Waals surface area contributed by atoms with Crippen LogP contribution in [0.5, 0.6) is 0 Å². The summed E-state index contributed by atoms with van der Waals surface area (Å²) in [7, 11) is 0. The van der Waals surface area contributed by atoms with Crippen LogP contribution in [0.3, 0.4) is 0 Å². The second-order valence-electron chi connectivity index (χ2n) is 4.10. The van der Waals surface area contributed by atoms with Gasteiger partial charge in [-0.05, 0) is 24.2 Å². The number of hydrogen-bond donors (Lipinski definition) is 1. The van der Waals surface area contributed by atoms with E-state index in [0.717, 1.165) is 16.5 Å². The van der Waals surface area contributed by atoms with Gasteiger partial charge < -0.3 is 5.73 Å². The second-order valence-corrected chi connectivity index (χ2v) is 5.68. The van der Waals surface area contributed by atoms with E-state index in [0.29, 0.717) is 12.5 Å². The smallest absolute Gasteiger partial charge is 0.0971 e. The van der Waals surface area contributed by atoms with Crippen LogP contribution in [-0.2, 0) is 6.42 Å². The van der Waals surface area contributed by atoms with Gasteiger partial charge in [0.2, 0.25) is 0 Å². The Morgan fingerprint density at radius 3 is 3.00 bits per heavy atom. The van der Waals surface area contributed by atoms with E-state index in [1.165, 1.54) is 10.4 Å². The van der Waals surface area contributed by atoms with Crippen molar-refractivity contribution in [1.29, 1.82) is 0 Å². The molecule has 2 N–H and O–H groups in total. The molecule has 1 atom stereocenters. The van der Waals surface area contributed by atoms with Crippen LogP contribution >= 0.6 is 22.9 Å². The molecule has 1 aromatic carbocycles. The topological polar surface area (TPSA) is 38.9 Å². The first-order valence-electron chi connectivity index (χ1n) is 5.58. The lowest BCUT2D eigenvalue weighted by Crippen LogP contribution is -2.07. The Labute approximate surface area is 110 Å². The zero-order chi connectivity index (χ0) is 12.3. The van der Waals surface area contributed by atoms with E-state index in [4.69, 9.17) is 17.3 Å². The highest BCUT2D eigenvalue weighted by Gasteiger charge is 2.08. The van der Waals surface area contributed by atoms with Crippen molar-refractivity contribution in [3.63, 3.8) is 0 Å². The van der Waals surface area contributed by atoms with Crippen LogP contribution in [0.2, 0.25) is 5.02 Å². The normalized spacial score (nSPS) is 12.6. The predicted octanol–water partition coefficient (Wildman–Crippen LogP) is 3.45. The summed E-state index contributed by atoms with van der Waals surface area (Å²) in [6, 6.07) is 7.90. The first kappa shape index (κ1) is 12.6. The number of halogens is 1. The van der Waals surface area contributed by atoms with E-state index in [9.17, 15) is 0 Å². The first-order valence-corrected chi connectivity index (χ1v) is 6.77. The number of nitrogens with zero attached hydrogens (tertiary/aromatic N) is 1. The van der Waals surface area contributed by atoms with E-state index >= 15 is 0 Å². The van der Waals surface area contributed by atoms with Crippen molar-refractivity contribution in [1.82, 2.24) is 4.98 Å². The molecule has 0 bridgehead atoms. The molecule has 17 heavy (non-hydrogen) atoms. The van der Waals surface area contributed by atoms with Crippen molar-refractivity contribution in [2.24, 2.45) is 5.73 Å². The fraction of sp³-hybridized carbons (Fsp3) is 0.308. The molecule has 0 saturated heterocycles. The van der Waals surface area contributed by atoms with E-state index < -0.39 is 0 Å². The van der Waals surface area contributed by atoms with Crippen molar-refractivity contribution in [3.8, 4) is 0 Å². The average molecular weight is 267 g/mol. The molecule has 0 radical (unpaired) electrons. The highest BCUT2D eigenvalue weighted by molar-refractivity contribution is 7.11. The number of benzene rings is 1. The summed E-state index contributed by atoms with van der Waals surface area (Å²) in [5.74, 6) is 0.389. The monoisotopic (exact) mass is 266 g/mol. The summed E-state index contributed by atoms with van der Waals surface area (Å²) in [6.45, 7) is 2.79. The van der Waals surface area contributed by atoms with Crippen LogP contribution in [0.1, 0.15) is 28.3 Å². The number of rotatable bonds is 4. The van der Waals surface area contributed by atoms with Crippen molar-refractivity contribution in [2.45, 2.75) is 19.3 Å². The summed E-state index contributed by atoms with van der Waals surface area (Å²) in [5.41, 5.74) is 6.84. The van der Waals surface area contributed by atoms with Crippen molar-refractivity contribution in [2.75, 3.05) is 6.54 Å². The van der Waals surface area contributed by atoms with Gasteiger partial charge in [-0.1, -0.05) is 30.7 Å². The maximum atomic E-state index is 5.96. The molecule has 0 saturated carbocycles. The summed E-state index contributed by atoms with van der Waals surface area (Å²) >= 11 is 7.69. The lowest BCUT2D eigenvalue weighted by molar-refractivity contribution is 0.787. The standard InChI is InChI=1S/C13H15ClN2S/c1-9(7-15)12-8-16-13(17-12)6-10-3-2-4-11(14)5-10/h2-5,8-9H,6-7,15H2,1H3. The number of nitrogens with two attached hydrogens (primary N) is 1. The fourth-order valence-corrected chi connectivity index (χ4v) is 2.80. The molecule has 0 aliphatic carbocycles. The Morgan fingerprint density at radius 2 is 2.29 bits per heavy atom. The van der Waals surface area contributed by atoms with Gasteiger partial charge in [-0.3, -0.25) is 0 Å². The number of aromatic nitrogens is 1. The molecule has 0 fully saturated rings. The van der Waals surface area contributed by atoms with Gasteiger partial charge in [-0.15, -0.1) is 11.3 Å². The van der Waals surface area contributed by atoms with Crippen molar-refractivity contribution in [3.05, 3.63) is 50.9 Å². The van der Waals surface area contributed by atoms with Gasteiger partial charge in [-0.2, -0.15) is 0 Å². The second kappa shape index (κ2) is 5.63. The highest BCUT2D eigenvalue weighted by atomic mass is 35.5. The quantitative estimate of drug-likeness (QED) is 0.921. The van der Waals surface area contributed by atoms with Crippen LogP contribution in [-0.4, -0.2) is 11.5 Å². The zero-order valence-electron chi connectivity index (χ0n) is 9.69. The SMILES string of the molecule is CC(CN)c1cnc(Cc2cccc(Cl)c2)s1. The molecule has 0 amide bonds. The minimum absolute atomic E-state index is 0.389. The fourth-order valence-electron chi connectivity index (χ4n) is 1.57. The highest BCUT2D eigenvalue weighted by Crippen LogP contribution is 2.24. The van der Waals surface area contributed by atoms with Crippen LogP contribution < -0.4 is 5.73 Å². The van der Waals surface area contributed by atoms with Crippen LogP contribution in [0.25, 0.3) is 0 Å². The molecule has 2 nitrogen and oxygen atoms in total. The number of hydrogen-bond acceptors (Lipinski definition) is 3. The van der Waals surface area contributed by atoms with Crippen molar-refractivity contribution < 1.29 is 0 Å². The van der Waals surface area contributed by atoms with Gasteiger partial charge in [0, 0.05) is 28.4 Å². The molecule has 0 aliphatic rings. The van der Waals surface area contributed by atoms with Crippen molar-refractivity contribution >= 4 is 22.9 Å². The molecular formula is C13H15ClN2S. The Bertz CT molecular complexity index is 496. The zero-order valence-corrected chi connectivity index (χ0v) is 11.3. The van der Waals surface area contributed by atoms with Gasteiger partial charge in [0.1, 0.15) is 0 Å². The van der Waals surface area contributed by atoms with E-state index in [-0.39, 0.29) is 0 Å². The molecule has 2 rings (SSSR count). The average Bonchev–Trinajstić information content (AvgIpc) is 2.76. The van der Waals surface area contributed by atoms with Gasteiger partial charge in [0.25, 0.3) is 0 Å². The summed E-state index contributed by atoms with van der Waals surface area (Å²) in [4.78, 5) is 5.68. The predicted molar refractivity (Wildman–Crippen MR) is 73.8 cm³/mol. The van der Waals surface area contributed by atoms with E-state index in [2.05, 4.69) is 18.0 Å². The lowest BCUT2D eigenvalue weighted by atomic mass is 10.1. The third kappa shape index (κ3) is 3.28. The third-order valence-electron chi connectivity index (χ3n) is 2.66. The van der Waals surface area contributed by atoms with Gasteiger partial charge in [0.15, 0.2) is 0 Å². The Balaban J connectivity index is 2.11. The molecule has 1 aromatic heterocycles. The number of thiazole rings is 1. The Hall–Kier alpha value is -0.900. The van der Waals surface area contributed by atoms with Gasteiger partial charge in [0.05, 0.1) is 5.01 Å². The lowest BCUT2D eigenvalue weighted by Gasteiger charge is -2.02. The summed E-state index contributed by atoms with van der Waals surface area (Å²) in [6.07, 6.45) is 2.77. The molecule has 0 aliphatic heterocycles. The van der Waals surface area contributed by atoms with Gasteiger partial charge >= 0.3 is 0 Å². The first-order chi connectivity index (χ1) is 8.19. The molecule has 2 aromatic rings. The summed E-state index contributed by atoms with van der Waals surface area (Å²) in [5, 5.41) is 1.89.